The largest absolute Gasteiger partial charge is 0.480 e. The average molecular weight is 362 g/mol. The third-order valence-electron chi connectivity index (χ3n) is 5.45. The Bertz CT molecular complexity index is 706. The summed E-state index contributed by atoms with van der Waals surface area (Å²) in [7, 11) is 0. The van der Waals surface area contributed by atoms with Gasteiger partial charge in [-0.2, -0.15) is 0 Å². The molecule has 1 heterocycles. The molecule has 1 aliphatic heterocycles. The molecule has 1 saturated heterocycles. The number of fused-ring (bicyclic) bond motifs is 1. The molecule has 0 aromatic heterocycles. The molecule has 140 valence electrons. The molecular weight excluding hydrogens is 339 g/mol. The summed E-state index contributed by atoms with van der Waals surface area (Å²) in [5.41, 5.74) is 0.335. The number of halogens is 1. The fourth-order valence-corrected chi connectivity index (χ4v) is 4.10. The summed E-state index contributed by atoms with van der Waals surface area (Å²) in [5.74, 6) is -2.05. The third kappa shape index (κ3) is 3.57. The third-order valence-corrected chi connectivity index (χ3v) is 5.45. The molecule has 2 amide bonds. The summed E-state index contributed by atoms with van der Waals surface area (Å²) in [6.07, 6.45) is 4.38. The molecule has 26 heavy (non-hydrogen) atoms. The van der Waals surface area contributed by atoms with Crippen molar-refractivity contribution in [1.29, 1.82) is 0 Å². The lowest BCUT2D eigenvalue weighted by atomic mass is 9.84. The van der Waals surface area contributed by atoms with E-state index in [1.165, 1.54) is 31.2 Å². The highest BCUT2D eigenvalue weighted by molar-refractivity contribution is 5.98. The number of amides is 2. The van der Waals surface area contributed by atoms with Crippen LogP contribution in [0.3, 0.4) is 0 Å². The summed E-state index contributed by atoms with van der Waals surface area (Å²) < 4.78 is 13.2. The maximum absolute atomic E-state index is 13.2. The van der Waals surface area contributed by atoms with E-state index in [0.717, 1.165) is 25.7 Å². The van der Waals surface area contributed by atoms with Gasteiger partial charge >= 0.3 is 5.97 Å². The SMILES string of the molecule is C[C@H](NC(=O)[C@@H]1C[C@@H]2CCCC[C@@H]2N1C(=O)c1ccc(F)cc1)C(=O)O. The number of nitrogens with one attached hydrogen (secondary N) is 1. The Labute approximate surface area is 151 Å². The zero-order valence-corrected chi connectivity index (χ0v) is 14.7. The van der Waals surface area contributed by atoms with Crippen molar-refractivity contribution >= 4 is 17.8 Å². The molecule has 2 aliphatic rings. The van der Waals surface area contributed by atoms with Gasteiger partial charge in [-0.05, 0) is 56.4 Å². The molecule has 3 rings (SSSR count). The van der Waals surface area contributed by atoms with Gasteiger partial charge in [0, 0.05) is 11.6 Å². The Morgan fingerprint density at radius 2 is 1.85 bits per heavy atom. The van der Waals surface area contributed by atoms with Crippen LogP contribution >= 0.6 is 0 Å². The second-order valence-corrected chi connectivity index (χ2v) is 7.15. The molecule has 0 unspecified atom stereocenters. The van der Waals surface area contributed by atoms with E-state index >= 15 is 0 Å². The summed E-state index contributed by atoms with van der Waals surface area (Å²) >= 11 is 0. The highest BCUT2D eigenvalue weighted by Gasteiger charge is 2.47. The van der Waals surface area contributed by atoms with Gasteiger partial charge in [0.05, 0.1) is 0 Å². The first-order valence-corrected chi connectivity index (χ1v) is 9.00. The number of aliphatic carboxylic acids is 1. The van der Waals surface area contributed by atoms with Gasteiger partial charge in [-0.25, -0.2) is 4.39 Å². The van der Waals surface area contributed by atoms with E-state index in [1.54, 1.807) is 4.90 Å². The molecule has 1 aliphatic carbocycles. The summed E-state index contributed by atoms with van der Waals surface area (Å²) in [6, 6.07) is 3.55. The number of benzene rings is 1. The molecule has 0 radical (unpaired) electrons. The van der Waals surface area contributed by atoms with Gasteiger partial charge < -0.3 is 15.3 Å². The van der Waals surface area contributed by atoms with Crippen molar-refractivity contribution in [3.8, 4) is 0 Å². The first-order valence-electron chi connectivity index (χ1n) is 9.00. The number of nitrogens with zero attached hydrogens (tertiary/aromatic N) is 1. The van der Waals surface area contributed by atoms with Gasteiger partial charge in [0.2, 0.25) is 5.91 Å². The van der Waals surface area contributed by atoms with Crippen LogP contribution in [0.1, 0.15) is 49.4 Å². The number of carbonyl (C=O) groups is 3. The van der Waals surface area contributed by atoms with E-state index in [0.29, 0.717) is 12.0 Å². The predicted octanol–water partition coefficient (Wildman–Crippen LogP) is 2.19. The molecule has 6 nitrogen and oxygen atoms in total. The lowest BCUT2D eigenvalue weighted by molar-refractivity contribution is -0.141. The summed E-state index contributed by atoms with van der Waals surface area (Å²) in [6.45, 7) is 1.40. The maximum Gasteiger partial charge on any atom is 0.325 e. The molecule has 0 bridgehead atoms. The van der Waals surface area contributed by atoms with Crippen LogP contribution in [0.15, 0.2) is 24.3 Å². The van der Waals surface area contributed by atoms with Crippen LogP contribution in [0.25, 0.3) is 0 Å². The van der Waals surface area contributed by atoms with E-state index < -0.39 is 29.8 Å². The molecule has 1 aromatic carbocycles. The zero-order valence-electron chi connectivity index (χ0n) is 14.7. The fraction of sp³-hybridized carbons (Fsp3) is 0.526. The van der Waals surface area contributed by atoms with Crippen LogP contribution in [0.4, 0.5) is 4.39 Å². The topological polar surface area (TPSA) is 86.7 Å². The number of hydrogen-bond donors (Lipinski definition) is 2. The van der Waals surface area contributed by atoms with Crippen molar-refractivity contribution < 1.29 is 23.9 Å². The van der Waals surface area contributed by atoms with Crippen molar-refractivity contribution in [2.45, 2.75) is 57.2 Å². The van der Waals surface area contributed by atoms with E-state index in [2.05, 4.69) is 5.32 Å². The van der Waals surface area contributed by atoms with Gasteiger partial charge in [0.25, 0.3) is 5.91 Å². The number of carboxylic acid groups (broad SMARTS) is 1. The first kappa shape index (κ1) is 18.4. The van der Waals surface area contributed by atoms with Crippen molar-refractivity contribution in [1.82, 2.24) is 10.2 Å². The van der Waals surface area contributed by atoms with E-state index in [9.17, 15) is 18.8 Å². The average Bonchev–Trinajstić information content (AvgIpc) is 3.01. The summed E-state index contributed by atoms with van der Waals surface area (Å²) in [4.78, 5) is 38.4. The molecule has 1 aromatic rings. The van der Waals surface area contributed by atoms with Crippen molar-refractivity contribution in [2.24, 2.45) is 5.92 Å². The fourth-order valence-electron chi connectivity index (χ4n) is 4.10. The van der Waals surface area contributed by atoms with Crippen LogP contribution in [0.2, 0.25) is 0 Å². The maximum atomic E-state index is 13.2. The molecule has 2 fully saturated rings. The molecular formula is C19H23FN2O4. The Kier molecular flexibility index (Phi) is 5.25. The monoisotopic (exact) mass is 362 g/mol. The highest BCUT2D eigenvalue weighted by atomic mass is 19.1. The Morgan fingerprint density at radius 3 is 2.50 bits per heavy atom. The van der Waals surface area contributed by atoms with Gasteiger partial charge in [-0.15, -0.1) is 0 Å². The minimum atomic E-state index is -1.12. The number of likely N-dealkylation sites (tertiary alicyclic amines) is 1. The Morgan fingerprint density at radius 1 is 1.19 bits per heavy atom. The summed E-state index contributed by atoms with van der Waals surface area (Å²) in [5, 5.41) is 11.5. The van der Waals surface area contributed by atoms with Crippen LogP contribution in [-0.4, -0.2) is 45.9 Å². The zero-order chi connectivity index (χ0) is 18.8. The number of carboxylic acids is 1. The van der Waals surface area contributed by atoms with Crippen LogP contribution in [0, 0.1) is 11.7 Å². The van der Waals surface area contributed by atoms with Crippen molar-refractivity contribution in [2.75, 3.05) is 0 Å². The van der Waals surface area contributed by atoms with Crippen LogP contribution in [0.5, 0.6) is 0 Å². The Hall–Kier alpha value is -2.44. The van der Waals surface area contributed by atoms with Crippen LogP contribution < -0.4 is 5.32 Å². The van der Waals surface area contributed by atoms with Gasteiger partial charge in [0.1, 0.15) is 17.9 Å². The van der Waals surface area contributed by atoms with Crippen molar-refractivity contribution in [3.63, 3.8) is 0 Å². The Balaban J connectivity index is 1.86. The van der Waals surface area contributed by atoms with Gasteiger partial charge in [0.15, 0.2) is 0 Å². The molecule has 7 heteroatoms. The smallest absolute Gasteiger partial charge is 0.325 e. The lowest BCUT2D eigenvalue weighted by Crippen LogP contribution is -2.52. The molecule has 4 atom stereocenters. The lowest BCUT2D eigenvalue weighted by Gasteiger charge is -2.33. The number of hydrogen-bond acceptors (Lipinski definition) is 3. The van der Waals surface area contributed by atoms with Crippen LogP contribution in [-0.2, 0) is 9.59 Å². The second-order valence-electron chi connectivity index (χ2n) is 7.15. The first-order chi connectivity index (χ1) is 12.4. The molecule has 1 saturated carbocycles. The van der Waals surface area contributed by atoms with Gasteiger partial charge in [-0.3, -0.25) is 14.4 Å². The number of carbonyl (C=O) groups excluding carboxylic acids is 2. The predicted molar refractivity (Wildman–Crippen MR) is 92.0 cm³/mol. The molecule has 0 spiro atoms. The second kappa shape index (κ2) is 7.43. The minimum absolute atomic E-state index is 0.0304. The molecule has 2 N–H and O–H groups in total. The van der Waals surface area contributed by atoms with Gasteiger partial charge in [-0.1, -0.05) is 12.8 Å². The van der Waals surface area contributed by atoms with Crippen molar-refractivity contribution in [3.05, 3.63) is 35.6 Å². The standard InChI is InChI=1S/C19H23FN2O4/c1-11(19(25)26)21-17(23)16-10-13-4-2-3-5-15(13)22(16)18(24)12-6-8-14(20)9-7-12/h6-9,11,13,15-16H,2-5,10H2,1H3,(H,21,23)(H,25,26)/t11-,13-,15-,16-/m0/s1. The van der Waals surface area contributed by atoms with E-state index in [-0.39, 0.29) is 17.9 Å². The normalized spacial score (nSPS) is 26.1. The highest BCUT2D eigenvalue weighted by Crippen LogP contribution is 2.40. The van der Waals surface area contributed by atoms with E-state index in [4.69, 9.17) is 5.11 Å². The quantitative estimate of drug-likeness (QED) is 0.860. The minimum Gasteiger partial charge on any atom is -0.480 e. The number of rotatable bonds is 4. The van der Waals surface area contributed by atoms with E-state index in [1.807, 2.05) is 0 Å².